The largest absolute Gasteiger partial charge is 0.460 e. The van der Waals surface area contributed by atoms with Gasteiger partial charge in [0.05, 0.1) is 0 Å². The number of ether oxygens (including phenoxy) is 1. The molecule has 0 radical (unpaired) electrons. The first kappa shape index (κ1) is 11.0. The predicted molar refractivity (Wildman–Crippen MR) is 54.7 cm³/mol. The zero-order chi connectivity index (χ0) is 10.4. The Morgan fingerprint density at radius 1 is 1.50 bits per heavy atom. The van der Waals surface area contributed by atoms with Crippen molar-refractivity contribution in [2.24, 2.45) is 0 Å². The summed E-state index contributed by atoms with van der Waals surface area (Å²) in [5.74, 6) is -0.358. The van der Waals surface area contributed by atoms with Crippen LogP contribution in [0, 0.1) is 0 Å². The Kier molecular flexibility index (Phi) is 4.43. The van der Waals surface area contributed by atoms with Crippen molar-refractivity contribution >= 4 is 17.7 Å². The number of carbonyl (C=O) groups excluding carboxylic acids is 1. The van der Waals surface area contributed by atoms with E-state index in [0.29, 0.717) is 0 Å². The van der Waals surface area contributed by atoms with Gasteiger partial charge in [0.25, 0.3) is 0 Å². The Bertz CT molecular complexity index is 289. The van der Waals surface area contributed by atoms with Crippen LogP contribution in [0.15, 0.2) is 30.3 Å². The van der Waals surface area contributed by atoms with Crippen LogP contribution >= 0.6 is 11.8 Å². The van der Waals surface area contributed by atoms with Crippen molar-refractivity contribution in [1.82, 2.24) is 4.84 Å². The number of nitrogens with one attached hydrogen (secondary N) is 1. The molecule has 0 aliphatic rings. The molecule has 0 aliphatic carbocycles. The highest BCUT2D eigenvalue weighted by atomic mass is 35.5. The summed E-state index contributed by atoms with van der Waals surface area (Å²) in [6.07, 6.45) is 0. The molecule has 3 nitrogen and oxygen atoms in total. The number of hydrogen-bond acceptors (Lipinski definition) is 3. The molecule has 76 valence electrons. The van der Waals surface area contributed by atoms with E-state index >= 15 is 0 Å². The molecule has 4 heteroatoms. The van der Waals surface area contributed by atoms with Gasteiger partial charge < -0.3 is 4.74 Å². The molecule has 1 N–H and O–H groups in total. The van der Waals surface area contributed by atoms with E-state index in [4.69, 9.17) is 16.5 Å². The van der Waals surface area contributed by atoms with Crippen LogP contribution in [0.4, 0.5) is 0 Å². The van der Waals surface area contributed by atoms with Gasteiger partial charge in [-0.25, -0.2) is 4.84 Å². The Morgan fingerprint density at radius 3 is 2.71 bits per heavy atom. The Hall–Kier alpha value is -1.06. The van der Waals surface area contributed by atoms with Crippen molar-refractivity contribution in [3.8, 4) is 0 Å². The van der Waals surface area contributed by atoms with E-state index in [1.807, 2.05) is 30.3 Å². The monoisotopic (exact) mass is 213 g/mol. The third-order valence-electron chi connectivity index (χ3n) is 1.74. The van der Waals surface area contributed by atoms with E-state index in [1.54, 1.807) is 6.92 Å². The second kappa shape index (κ2) is 5.62. The summed E-state index contributed by atoms with van der Waals surface area (Å²) in [7, 11) is 0. The zero-order valence-corrected chi connectivity index (χ0v) is 8.62. The summed E-state index contributed by atoms with van der Waals surface area (Å²) < 4.78 is 4.99. The molecule has 0 spiro atoms. The van der Waals surface area contributed by atoms with Crippen LogP contribution in [0.1, 0.15) is 12.5 Å². The molecule has 0 aliphatic heterocycles. The first-order valence-corrected chi connectivity index (χ1v) is 4.68. The van der Waals surface area contributed by atoms with Crippen molar-refractivity contribution in [2.75, 3.05) is 0 Å². The summed E-state index contributed by atoms with van der Waals surface area (Å²) >= 11 is 5.28. The number of esters is 1. The van der Waals surface area contributed by atoms with E-state index in [1.165, 1.54) is 0 Å². The molecule has 0 amide bonds. The van der Waals surface area contributed by atoms with Crippen LogP contribution < -0.4 is 4.84 Å². The van der Waals surface area contributed by atoms with Gasteiger partial charge in [0.2, 0.25) is 0 Å². The van der Waals surface area contributed by atoms with E-state index in [0.717, 1.165) is 5.56 Å². The van der Waals surface area contributed by atoms with Gasteiger partial charge in [0.15, 0.2) is 0 Å². The van der Waals surface area contributed by atoms with Crippen LogP contribution in [0.3, 0.4) is 0 Å². The van der Waals surface area contributed by atoms with E-state index < -0.39 is 6.04 Å². The number of hydrogen-bond donors (Lipinski definition) is 1. The topological polar surface area (TPSA) is 38.3 Å². The molecule has 0 bridgehead atoms. The van der Waals surface area contributed by atoms with Gasteiger partial charge in [-0.3, -0.25) is 4.79 Å². The fraction of sp³-hybridized carbons (Fsp3) is 0.300. The highest BCUT2D eigenvalue weighted by Crippen LogP contribution is 2.01. The van der Waals surface area contributed by atoms with E-state index in [-0.39, 0.29) is 12.6 Å². The fourth-order valence-corrected chi connectivity index (χ4v) is 0.987. The summed E-state index contributed by atoms with van der Waals surface area (Å²) in [5, 5.41) is 0. The second-order valence-electron chi connectivity index (χ2n) is 2.92. The van der Waals surface area contributed by atoms with E-state index in [9.17, 15) is 4.79 Å². The molecule has 1 aromatic rings. The van der Waals surface area contributed by atoms with Gasteiger partial charge in [-0.2, -0.15) is 0 Å². The number of carbonyl (C=O) groups is 1. The van der Waals surface area contributed by atoms with Crippen LogP contribution in [0.25, 0.3) is 0 Å². The normalized spacial score (nSPS) is 12.1. The average Bonchev–Trinajstić information content (AvgIpc) is 2.26. The van der Waals surface area contributed by atoms with E-state index in [2.05, 4.69) is 4.84 Å². The number of rotatable bonds is 4. The molecule has 1 aromatic carbocycles. The summed E-state index contributed by atoms with van der Waals surface area (Å²) in [6, 6.07) is 9.01. The van der Waals surface area contributed by atoms with Crippen molar-refractivity contribution in [2.45, 2.75) is 19.6 Å². The molecular weight excluding hydrogens is 202 g/mol. The number of halogens is 1. The molecule has 1 unspecified atom stereocenters. The first-order valence-electron chi connectivity index (χ1n) is 4.30. The molecular formula is C10H12ClNO2. The maximum atomic E-state index is 11.2. The molecule has 14 heavy (non-hydrogen) atoms. The van der Waals surface area contributed by atoms with Gasteiger partial charge >= 0.3 is 5.97 Å². The molecule has 0 saturated carbocycles. The van der Waals surface area contributed by atoms with Gasteiger partial charge in [0.1, 0.15) is 12.6 Å². The highest BCUT2D eigenvalue weighted by Gasteiger charge is 2.12. The lowest BCUT2D eigenvalue weighted by Gasteiger charge is -2.08. The smallest absolute Gasteiger partial charge is 0.324 e. The minimum atomic E-state index is -0.486. The lowest BCUT2D eigenvalue weighted by molar-refractivity contribution is -0.146. The molecule has 1 atom stereocenters. The Balaban J connectivity index is 2.38. The van der Waals surface area contributed by atoms with Crippen LogP contribution in [-0.2, 0) is 16.1 Å². The van der Waals surface area contributed by atoms with Gasteiger partial charge in [-0.15, -0.1) is 0 Å². The van der Waals surface area contributed by atoms with Crippen LogP contribution in [0.5, 0.6) is 0 Å². The lowest BCUT2D eigenvalue weighted by atomic mass is 10.2. The summed E-state index contributed by atoms with van der Waals surface area (Å²) in [4.78, 5) is 13.5. The summed E-state index contributed by atoms with van der Waals surface area (Å²) in [6.45, 7) is 1.92. The van der Waals surface area contributed by atoms with Crippen molar-refractivity contribution in [3.05, 3.63) is 35.9 Å². The van der Waals surface area contributed by atoms with Crippen molar-refractivity contribution in [3.63, 3.8) is 0 Å². The Labute approximate surface area is 88.1 Å². The molecule has 0 saturated heterocycles. The molecule has 0 heterocycles. The van der Waals surface area contributed by atoms with Gasteiger partial charge in [0, 0.05) is 0 Å². The first-order chi connectivity index (χ1) is 6.74. The quantitative estimate of drug-likeness (QED) is 0.613. The van der Waals surface area contributed by atoms with Crippen LogP contribution in [0.2, 0.25) is 0 Å². The minimum absolute atomic E-state index is 0.280. The molecule has 0 aromatic heterocycles. The second-order valence-corrected chi connectivity index (χ2v) is 3.14. The molecule has 0 fully saturated rings. The maximum Gasteiger partial charge on any atom is 0.324 e. The summed E-state index contributed by atoms with van der Waals surface area (Å²) in [5.41, 5.74) is 0.961. The maximum absolute atomic E-state index is 11.2. The van der Waals surface area contributed by atoms with Crippen molar-refractivity contribution < 1.29 is 9.53 Å². The lowest BCUT2D eigenvalue weighted by Crippen LogP contribution is -2.29. The van der Waals surface area contributed by atoms with Gasteiger partial charge in [-0.05, 0) is 24.3 Å². The minimum Gasteiger partial charge on any atom is -0.460 e. The van der Waals surface area contributed by atoms with Crippen molar-refractivity contribution in [1.29, 1.82) is 0 Å². The predicted octanol–water partition coefficient (Wildman–Crippen LogP) is 1.86. The standard InChI is InChI=1S/C10H12ClNO2/c1-8(12-11)10(13)14-7-9-5-3-2-4-6-9/h2-6,8,12H,7H2,1H3. The Morgan fingerprint density at radius 2 is 2.14 bits per heavy atom. The number of benzene rings is 1. The SMILES string of the molecule is CC(NCl)C(=O)OCc1ccccc1. The third kappa shape index (κ3) is 3.36. The third-order valence-corrected chi connectivity index (χ3v) is 2.07. The fourth-order valence-electron chi connectivity index (χ4n) is 0.898. The van der Waals surface area contributed by atoms with Gasteiger partial charge in [-0.1, -0.05) is 30.3 Å². The average molecular weight is 214 g/mol. The van der Waals surface area contributed by atoms with Crippen LogP contribution in [-0.4, -0.2) is 12.0 Å². The molecule has 1 rings (SSSR count). The zero-order valence-electron chi connectivity index (χ0n) is 7.87. The highest BCUT2D eigenvalue weighted by molar-refractivity contribution is 6.14.